The van der Waals surface area contributed by atoms with E-state index in [0.29, 0.717) is 5.69 Å². The van der Waals surface area contributed by atoms with Crippen molar-refractivity contribution in [2.24, 2.45) is 10.2 Å². The number of fused-ring (bicyclic) bond motifs is 2. The number of benzene rings is 2. The first-order valence-electron chi connectivity index (χ1n) is 8.36. The summed E-state index contributed by atoms with van der Waals surface area (Å²) >= 11 is 0. The van der Waals surface area contributed by atoms with E-state index in [9.17, 15) is 5.11 Å². The van der Waals surface area contributed by atoms with Crippen molar-refractivity contribution in [1.82, 2.24) is 0 Å². The summed E-state index contributed by atoms with van der Waals surface area (Å²) in [7, 11) is -2.05. The average Bonchev–Trinajstić information content (AvgIpc) is 2.78. The fourth-order valence-electron chi connectivity index (χ4n) is 2.79. The van der Waals surface area contributed by atoms with E-state index in [1.54, 1.807) is 0 Å². The fraction of sp³-hybridized carbons (Fsp3) is 0.474. The molecule has 0 aliphatic carbocycles. The molecular formula is C19H26N2O2Si. The van der Waals surface area contributed by atoms with Crippen LogP contribution in [0.15, 0.2) is 34.5 Å². The number of aromatic hydroxyl groups is 1. The standard InChI is InChI=1S/C19H26N2O2Si/c1-18(2,3)24(6,7)23-17-13-11-9-8-10-12(13)16(22)14-15(17)20-21-19(14,4)5/h8-11,22H,1-7H3. The highest BCUT2D eigenvalue weighted by Gasteiger charge is 2.42. The summed E-state index contributed by atoms with van der Waals surface area (Å²) in [6, 6.07) is 7.81. The predicted octanol–water partition coefficient (Wildman–Crippen LogP) is 6.26. The van der Waals surface area contributed by atoms with E-state index >= 15 is 0 Å². The van der Waals surface area contributed by atoms with E-state index in [2.05, 4.69) is 44.1 Å². The molecule has 1 aliphatic heterocycles. The molecule has 128 valence electrons. The molecule has 1 heterocycles. The Balaban J connectivity index is 2.33. The second-order valence-corrected chi connectivity index (χ2v) is 13.3. The van der Waals surface area contributed by atoms with Crippen LogP contribution in [0.5, 0.6) is 11.5 Å². The summed E-state index contributed by atoms with van der Waals surface area (Å²) in [6.45, 7) is 15.0. The number of phenols is 1. The highest BCUT2D eigenvalue weighted by molar-refractivity contribution is 6.74. The monoisotopic (exact) mass is 342 g/mol. The molecule has 0 amide bonds. The van der Waals surface area contributed by atoms with Crippen LogP contribution in [0.4, 0.5) is 5.69 Å². The quantitative estimate of drug-likeness (QED) is 0.655. The Bertz CT molecular complexity index is 849. The summed E-state index contributed by atoms with van der Waals surface area (Å²) in [5, 5.41) is 21.4. The van der Waals surface area contributed by atoms with Gasteiger partial charge < -0.3 is 9.53 Å². The van der Waals surface area contributed by atoms with E-state index in [1.165, 1.54) is 0 Å². The molecule has 24 heavy (non-hydrogen) atoms. The van der Waals surface area contributed by atoms with Crippen LogP contribution in [0.25, 0.3) is 10.8 Å². The number of rotatable bonds is 2. The van der Waals surface area contributed by atoms with Gasteiger partial charge in [0, 0.05) is 10.8 Å². The Kier molecular flexibility index (Phi) is 3.57. The Morgan fingerprint density at radius 2 is 1.67 bits per heavy atom. The van der Waals surface area contributed by atoms with Gasteiger partial charge >= 0.3 is 0 Å². The van der Waals surface area contributed by atoms with Gasteiger partial charge in [0.05, 0.1) is 5.56 Å². The topological polar surface area (TPSA) is 54.2 Å². The van der Waals surface area contributed by atoms with Gasteiger partial charge in [0.2, 0.25) is 0 Å². The molecule has 2 aromatic carbocycles. The van der Waals surface area contributed by atoms with Crippen molar-refractivity contribution < 1.29 is 9.53 Å². The van der Waals surface area contributed by atoms with Crippen LogP contribution in [0, 0.1) is 0 Å². The van der Waals surface area contributed by atoms with Crippen LogP contribution in [-0.2, 0) is 5.54 Å². The van der Waals surface area contributed by atoms with Gasteiger partial charge in [-0.1, -0.05) is 45.0 Å². The first kappa shape index (κ1) is 17.0. The number of hydrogen-bond acceptors (Lipinski definition) is 4. The molecule has 3 rings (SSSR count). The van der Waals surface area contributed by atoms with Crippen LogP contribution in [0.3, 0.4) is 0 Å². The molecule has 1 aliphatic rings. The summed E-state index contributed by atoms with van der Waals surface area (Å²) in [5.41, 5.74) is 0.894. The summed E-state index contributed by atoms with van der Waals surface area (Å²) in [5.74, 6) is 1.03. The normalized spacial score (nSPS) is 16.5. The number of azo groups is 1. The Morgan fingerprint density at radius 1 is 1.08 bits per heavy atom. The number of nitrogens with zero attached hydrogens (tertiary/aromatic N) is 2. The second kappa shape index (κ2) is 5.05. The molecule has 0 radical (unpaired) electrons. The molecule has 0 saturated carbocycles. The van der Waals surface area contributed by atoms with Crippen molar-refractivity contribution in [2.75, 3.05) is 0 Å². The SMILES string of the molecule is CC1(C)N=Nc2c1c(O)c1ccccc1c2O[Si](C)(C)C(C)(C)C. The van der Waals surface area contributed by atoms with Gasteiger partial charge in [-0.25, -0.2) is 0 Å². The minimum Gasteiger partial charge on any atom is -0.542 e. The van der Waals surface area contributed by atoms with Gasteiger partial charge in [0.15, 0.2) is 0 Å². The lowest BCUT2D eigenvalue weighted by atomic mass is 9.90. The Hall–Kier alpha value is -1.88. The smallest absolute Gasteiger partial charge is 0.250 e. The molecule has 0 unspecified atom stereocenters. The first-order valence-corrected chi connectivity index (χ1v) is 11.3. The molecule has 4 nitrogen and oxygen atoms in total. The lowest BCUT2D eigenvalue weighted by molar-refractivity contribution is 0.448. The second-order valence-electron chi connectivity index (χ2n) is 8.57. The Morgan fingerprint density at radius 3 is 2.25 bits per heavy atom. The molecule has 5 heteroatoms. The average molecular weight is 343 g/mol. The molecular weight excluding hydrogens is 316 g/mol. The van der Waals surface area contributed by atoms with Crippen molar-refractivity contribution in [3.8, 4) is 11.5 Å². The molecule has 2 aromatic rings. The van der Waals surface area contributed by atoms with Crippen LogP contribution in [0.2, 0.25) is 18.1 Å². The fourth-order valence-corrected chi connectivity index (χ4v) is 3.81. The lowest BCUT2D eigenvalue weighted by Gasteiger charge is -2.37. The van der Waals surface area contributed by atoms with Crippen LogP contribution < -0.4 is 4.43 Å². The third kappa shape index (κ3) is 2.42. The van der Waals surface area contributed by atoms with Gasteiger partial charge in [0.25, 0.3) is 8.32 Å². The summed E-state index contributed by atoms with van der Waals surface area (Å²) < 4.78 is 6.64. The highest BCUT2D eigenvalue weighted by Crippen LogP contribution is 2.55. The van der Waals surface area contributed by atoms with E-state index in [4.69, 9.17) is 4.43 Å². The molecule has 0 atom stereocenters. The molecule has 0 fully saturated rings. The minimum atomic E-state index is -2.05. The van der Waals surface area contributed by atoms with Crippen LogP contribution in [0.1, 0.15) is 40.2 Å². The van der Waals surface area contributed by atoms with Crippen LogP contribution >= 0.6 is 0 Å². The minimum absolute atomic E-state index is 0.0735. The van der Waals surface area contributed by atoms with Gasteiger partial charge in [0.1, 0.15) is 22.7 Å². The third-order valence-corrected chi connectivity index (χ3v) is 9.62. The maximum absolute atomic E-state index is 10.8. The van der Waals surface area contributed by atoms with Crippen molar-refractivity contribution in [3.05, 3.63) is 29.8 Å². The third-order valence-electron chi connectivity index (χ3n) is 5.29. The van der Waals surface area contributed by atoms with Crippen molar-refractivity contribution in [2.45, 2.75) is 58.3 Å². The first-order chi connectivity index (χ1) is 11.0. The van der Waals surface area contributed by atoms with Crippen LogP contribution in [-0.4, -0.2) is 13.4 Å². The van der Waals surface area contributed by atoms with Gasteiger partial charge in [-0.05, 0) is 32.0 Å². The van der Waals surface area contributed by atoms with E-state index < -0.39 is 13.9 Å². The van der Waals surface area contributed by atoms with E-state index in [0.717, 1.165) is 22.1 Å². The maximum Gasteiger partial charge on any atom is 0.250 e. The summed E-state index contributed by atoms with van der Waals surface area (Å²) in [6.07, 6.45) is 0. The molecule has 0 saturated heterocycles. The molecule has 1 N–H and O–H groups in total. The molecule has 0 bridgehead atoms. The zero-order chi connectivity index (χ0) is 17.9. The maximum atomic E-state index is 10.8. The van der Waals surface area contributed by atoms with Gasteiger partial charge in [-0.3, -0.25) is 0 Å². The van der Waals surface area contributed by atoms with Gasteiger partial charge in [-0.15, -0.1) is 0 Å². The molecule has 0 spiro atoms. The zero-order valence-corrected chi connectivity index (χ0v) is 16.6. The predicted molar refractivity (Wildman–Crippen MR) is 101 cm³/mol. The number of phenolic OH excluding ortho intramolecular Hbond substituents is 1. The molecule has 0 aromatic heterocycles. The van der Waals surface area contributed by atoms with Crippen molar-refractivity contribution >= 4 is 24.8 Å². The summed E-state index contributed by atoms with van der Waals surface area (Å²) in [4.78, 5) is 0. The van der Waals surface area contributed by atoms with E-state index in [1.807, 2.05) is 38.1 Å². The Labute approximate surface area is 144 Å². The number of hydrogen-bond donors (Lipinski definition) is 1. The largest absolute Gasteiger partial charge is 0.542 e. The lowest BCUT2D eigenvalue weighted by Crippen LogP contribution is -2.44. The highest BCUT2D eigenvalue weighted by atomic mass is 28.4. The van der Waals surface area contributed by atoms with E-state index in [-0.39, 0.29) is 10.8 Å². The van der Waals surface area contributed by atoms with Gasteiger partial charge in [-0.2, -0.15) is 10.2 Å². The van der Waals surface area contributed by atoms with Crippen molar-refractivity contribution in [1.29, 1.82) is 0 Å². The van der Waals surface area contributed by atoms with Crippen molar-refractivity contribution in [3.63, 3.8) is 0 Å². The zero-order valence-electron chi connectivity index (χ0n) is 15.6.